The SMILES string of the molecule is C=C(C1CCN(C(=O)CC(CCCCC)CCCCCCC)CC1)N1CCCC(c2ccc(F)cc2C)C1. The van der Waals surface area contributed by atoms with Gasteiger partial charge >= 0.3 is 0 Å². The summed E-state index contributed by atoms with van der Waals surface area (Å²) in [6.07, 6.45) is 17.9. The van der Waals surface area contributed by atoms with Gasteiger partial charge in [-0.1, -0.05) is 77.9 Å². The zero-order chi connectivity index (χ0) is 27.3. The number of nitrogens with zero attached hydrogens (tertiary/aromatic N) is 2. The van der Waals surface area contributed by atoms with Crippen molar-refractivity contribution in [2.45, 2.75) is 123 Å². The third-order valence-electron chi connectivity index (χ3n) is 9.21. The highest BCUT2D eigenvalue weighted by molar-refractivity contribution is 5.76. The molecule has 2 fully saturated rings. The molecular formula is C34H55FN2O. The molecule has 1 amide bonds. The van der Waals surface area contributed by atoms with Crippen molar-refractivity contribution in [1.82, 2.24) is 9.80 Å². The standard InChI is InChI=1S/C34H55FN2O/c1-5-7-9-10-12-15-29(14-11-8-6-2)25-34(38)36-22-19-30(20-23-36)28(4)37-21-13-16-31(26-37)33-18-17-32(35)24-27(33)3/h17-18,24,29-31H,4-16,19-23,25-26H2,1-3H3. The van der Waals surface area contributed by atoms with Crippen molar-refractivity contribution in [3.8, 4) is 0 Å². The highest BCUT2D eigenvalue weighted by Gasteiger charge is 2.30. The minimum absolute atomic E-state index is 0.149. The molecule has 2 atom stereocenters. The highest BCUT2D eigenvalue weighted by atomic mass is 19.1. The number of unbranched alkanes of at least 4 members (excludes halogenated alkanes) is 6. The summed E-state index contributed by atoms with van der Waals surface area (Å²) < 4.78 is 13.6. The Bertz CT molecular complexity index is 860. The lowest BCUT2D eigenvalue weighted by molar-refractivity contribution is -0.133. The van der Waals surface area contributed by atoms with Gasteiger partial charge < -0.3 is 9.80 Å². The van der Waals surface area contributed by atoms with Crippen LogP contribution in [0.2, 0.25) is 0 Å². The Morgan fingerprint density at radius 2 is 1.61 bits per heavy atom. The lowest BCUT2D eigenvalue weighted by Gasteiger charge is -2.41. The Labute approximate surface area is 233 Å². The Kier molecular flexibility index (Phi) is 13.2. The minimum atomic E-state index is -0.149. The average molecular weight is 527 g/mol. The number of amides is 1. The van der Waals surface area contributed by atoms with Crippen molar-refractivity contribution in [3.63, 3.8) is 0 Å². The van der Waals surface area contributed by atoms with Crippen LogP contribution in [0.5, 0.6) is 0 Å². The van der Waals surface area contributed by atoms with Gasteiger partial charge in [0.15, 0.2) is 0 Å². The molecule has 38 heavy (non-hydrogen) atoms. The maximum Gasteiger partial charge on any atom is 0.222 e. The Morgan fingerprint density at radius 1 is 0.947 bits per heavy atom. The molecule has 214 valence electrons. The number of allylic oxidation sites excluding steroid dienone is 1. The van der Waals surface area contributed by atoms with Crippen LogP contribution in [0.15, 0.2) is 30.5 Å². The van der Waals surface area contributed by atoms with Crippen molar-refractivity contribution in [1.29, 1.82) is 0 Å². The number of rotatable bonds is 15. The lowest BCUT2D eigenvalue weighted by atomic mass is 9.86. The quantitative estimate of drug-likeness (QED) is 0.213. The van der Waals surface area contributed by atoms with E-state index in [0.717, 1.165) is 63.8 Å². The fourth-order valence-corrected chi connectivity index (χ4v) is 6.75. The number of carbonyl (C=O) groups is 1. The number of benzene rings is 1. The molecule has 0 aliphatic carbocycles. The van der Waals surface area contributed by atoms with Crippen molar-refractivity contribution in [2.75, 3.05) is 26.2 Å². The average Bonchev–Trinajstić information content (AvgIpc) is 2.92. The van der Waals surface area contributed by atoms with Crippen LogP contribution in [0.1, 0.15) is 127 Å². The van der Waals surface area contributed by atoms with Crippen molar-refractivity contribution in [2.24, 2.45) is 11.8 Å². The van der Waals surface area contributed by atoms with Gasteiger partial charge in [-0.3, -0.25) is 4.79 Å². The predicted octanol–water partition coefficient (Wildman–Crippen LogP) is 9.01. The van der Waals surface area contributed by atoms with Crippen LogP contribution in [-0.2, 0) is 4.79 Å². The third kappa shape index (κ3) is 9.42. The predicted molar refractivity (Wildman–Crippen MR) is 159 cm³/mol. The molecule has 0 radical (unpaired) electrons. The largest absolute Gasteiger partial charge is 0.374 e. The molecule has 2 saturated heterocycles. The number of piperidine rings is 2. The minimum Gasteiger partial charge on any atom is -0.374 e. The second-order valence-electron chi connectivity index (χ2n) is 12.2. The summed E-state index contributed by atoms with van der Waals surface area (Å²) in [6.45, 7) is 14.9. The molecule has 2 heterocycles. The van der Waals surface area contributed by atoms with Crippen LogP contribution in [0.4, 0.5) is 4.39 Å². The Hall–Kier alpha value is -1.84. The molecule has 1 aromatic carbocycles. The zero-order valence-electron chi connectivity index (χ0n) is 24.8. The van der Waals surface area contributed by atoms with E-state index in [2.05, 4.69) is 30.2 Å². The van der Waals surface area contributed by atoms with Crippen LogP contribution in [0, 0.1) is 24.6 Å². The Balaban J connectivity index is 1.46. The molecule has 2 aliphatic heterocycles. The van der Waals surface area contributed by atoms with Gasteiger partial charge in [-0.2, -0.15) is 0 Å². The van der Waals surface area contributed by atoms with E-state index in [4.69, 9.17) is 0 Å². The van der Waals surface area contributed by atoms with E-state index in [0.29, 0.717) is 23.7 Å². The molecule has 2 aliphatic rings. The van der Waals surface area contributed by atoms with Crippen LogP contribution >= 0.6 is 0 Å². The van der Waals surface area contributed by atoms with Crippen molar-refractivity contribution < 1.29 is 9.18 Å². The van der Waals surface area contributed by atoms with Gasteiger partial charge in [-0.05, 0) is 74.6 Å². The fourth-order valence-electron chi connectivity index (χ4n) is 6.75. The van der Waals surface area contributed by atoms with E-state index < -0.39 is 0 Å². The molecule has 2 unspecified atom stereocenters. The van der Waals surface area contributed by atoms with Gasteiger partial charge in [0.1, 0.15) is 5.82 Å². The van der Waals surface area contributed by atoms with Gasteiger partial charge in [-0.25, -0.2) is 4.39 Å². The molecular weight excluding hydrogens is 471 g/mol. The first kappa shape index (κ1) is 30.7. The summed E-state index contributed by atoms with van der Waals surface area (Å²) in [5.41, 5.74) is 3.59. The summed E-state index contributed by atoms with van der Waals surface area (Å²) in [7, 11) is 0. The van der Waals surface area contributed by atoms with Gasteiger partial charge in [0.05, 0.1) is 0 Å². The molecule has 0 aromatic heterocycles. The third-order valence-corrected chi connectivity index (χ3v) is 9.21. The maximum atomic E-state index is 13.6. The number of carbonyl (C=O) groups excluding carboxylic acids is 1. The topological polar surface area (TPSA) is 23.6 Å². The number of halogens is 1. The number of hydrogen-bond donors (Lipinski definition) is 0. The summed E-state index contributed by atoms with van der Waals surface area (Å²) in [5, 5.41) is 0. The molecule has 1 aromatic rings. The lowest BCUT2D eigenvalue weighted by Crippen LogP contribution is -2.42. The maximum absolute atomic E-state index is 13.6. The van der Waals surface area contributed by atoms with E-state index in [1.54, 1.807) is 12.1 Å². The summed E-state index contributed by atoms with van der Waals surface area (Å²) in [4.78, 5) is 17.9. The molecule has 0 spiro atoms. The van der Waals surface area contributed by atoms with Gasteiger partial charge in [0, 0.05) is 50.1 Å². The molecule has 0 saturated carbocycles. The molecule has 0 bridgehead atoms. The fraction of sp³-hybridized carbons (Fsp3) is 0.735. The molecule has 3 rings (SSSR count). The highest BCUT2D eigenvalue weighted by Crippen LogP contribution is 2.35. The van der Waals surface area contributed by atoms with Crippen LogP contribution in [0.3, 0.4) is 0 Å². The number of aryl methyl sites for hydroxylation is 1. The van der Waals surface area contributed by atoms with Gasteiger partial charge in [0.25, 0.3) is 0 Å². The normalized spacial score (nSPS) is 19.5. The molecule has 3 nitrogen and oxygen atoms in total. The smallest absolute Gasteiger partial charge is 0.222 e. The van der Waals surface area contributed by atoms with Crippen LogP contribution < -0.4 is 0 Å². The van der Waals surface area contributed by atoms with E-state index in [9.17, 15) is 9.18 Å². The summed E-state index contributed by atoms with van der Waals surface area (Å²) in [5.74, 6) is 1.70. The van der Waals surface area contributed by atoms with Crippen LogP contribution in [0.25, 0.3) is 0 Å². The number of hydrogen-bond acceptors (Lipinski definition) is 2. The summed E-state index contributed by atoms with van der Waals surface area (Å²) in [6, 6.07) is 5.24. The van der Waals surface area contributed by atoms with E-state index >= 15 is 0 Å². The number of likely N-dealkylation sites (tertiary alicyclic amines) is 2. The molecule has 4 heteroatoms. The molecule has 0 N–H and O–H groups in total. The first-order valence-corrected chi connectivity index (χ1v) is 15.9. The second-order valence-corrected chi connectivity index (χ2v) is 12.2. The zero-order valence-corrected chi connectivity index (χ0v) is 24.8. The van der Waals surface area contributed by atoms with Gasteiger partial charge in [0.2, 0.25) is 5.91 Å². The van der Waals surface area contributed by atoms with Crippen molar-refractivity contribution in [3.05, 3.63) is 47.4 Å². The second kappa shape index (κ2) is 16.3. The first-order valence-electron chi connectivity index (χ1n) is 15.9. The van der Waals surface area contributed by atoms with Crippen LogP contribution in [-0.4, -0.2) is 41.9 Å². The van der Waals surface area contributed by atoms with Gasteiger partial charge in [-0.15, -0.1) is 0 Å². The van der Waals surface area contributed by atoms with E-state index in [1.807, 2.05) is 13.0 Å². The van der Waals surface area contributed by atoms with E-state index in [1.165, 1.54) is 75.5 Å². The monoisotopic (exact) mass is 526 g/mol. The van der Waals surface area contributed by atoms with E-state index in [-0.39, 0.29) is 5.82 Å². The first-order chi connectivity index (χ1) is 18.4. The Morgan fingerprint density at radius 3 is 2.29 bits per heavy atom. The van der Waals surface area contributed by atoms with Crippen molar-refractivity contribution >= 4 is 5.91 Å². The summed E-state index contributed by atoms with van der Waals surface area (Å²) >= 11 is 0.